The number of halogens is 1. The summed E-state index contributed by atoms with van der Waals surface area (Å²) in [6, 6.07) is 9.61. The Kier molecular flexibility index (Phi) is 6.79. The Morgan fingerprint density at radius 3 is 2.52 bits per heavy atom. The SMILES string of the molecule is CC(C)(C)[C@H](N)C(=O)NCc1cnn(Cc2ccccc2)c1.Cl. The van der Waals surface area contributed by atoms with Crippen molar-refractivity contribution in [3.63, 3.8) is 0 Å². The summed E-state index contributed by atoms with van der Waals surface area (Å²) in [6.07, 6.45) is 3.71. The lowest BCUT2D eigenvalue weighted by Gasteiger charge is -2.25. The fraction of sp³-hybridized carbons (Fsp3) is 0.412. The summed E-state index contributed by atoms with van der Waals surface area (Å²) in [5.74, 6) is -0.136. The maximum atomic E-state index is 12.0. The van der Waals surface area contributed by atoms with Gasteiger partial charge in [-0.2, -0.15) is 5.10 Å². The van der Waals surface area contributed by atoms with Crippen LogP contribution in [0.4, 0.5) is 0 Å². The van der Waals surface area contributed by atoms with Gasteiger partial charge < -0.3 is 11.1 Å². The molecule has 2 aromatic rings. The number of nitrogens with two attached hydrogens (primary N) is 1. The van der Waals surface area contributed by atoms with Crippen molar-refractivity contribution in [1.82, 2.24) is 15.1 Å². The van der Waals surface area contributed by atoms with Gasteiger partial charge in [0.15, 0.2) is 0 Å². The first-order chi connectivity index (χ1) is 10.4. The number of rotatable bonds is 5. The van der Waals surface area contributed by atoms with Crippen LogP contribution in [-0.2, 0) is 17.9 Å². The van der Waals surface area contributed by atoms with E-state index in [-0.39, 0.29) is 23.7 Å². The molecule has 0 unspecified atom stereocenters. The lowest BCUT2D eigenvalue weighted by Crippen LogP contribution is -2.48. The molecule has 3 N–H and O–H groups in total. The Morgan fingerprint density at radius 1 is 1.26 bits per heavy atom. The third kappa shape index (κ3) is 5.69. The molecule has 1 aromatic carbocycles. The molecule has 1 atom stereocenters. The second kappa shape index (κ2) is 8.13. The van der Waals surface area contributed by atoms with Crippen LogP contribution in [-0.4, -0.2) is 21.7 Å². The number of hydrogen-bond donors (Lipinski definition) is 2. The summed E-state index contributed by atoms with van der Waals surface area (Å²) in [5.41, 5.74) is 7.84. The van der Waals surface area contributed by atoms with Crippen molar-refractivity contribution in [2.24, 2.45) is 11.1 Å². The summed E-state index contributed by atoms with van der Waals surface area (Å²) in [5, 5.41) is 7.18. The van der Waals surface area contributed by atoms with Gasteiger partial charge >= 0.3 is 0 Å². The average Bonchev–Trinajstić information content (AvgIpc) is 2.91. The van der Waals surface area contributed by atoms with E-state index in [0.29, 0.717) is 6.54 Å². The van der Waals surface area contributed by atoms with Crippen molar-refractivity contribution in [3.05, 3.63) is 53.9 Å². The van der Waals surface area contributed by atoms with E-state index in [1.54, 1.807) is 6.20 Å². The van der Waals surface area contributed by atoms with Gasteiger partial charge in [0.25, 0.3) is 0 Å². The molecular weight excluding hydrogens is 312 g/mol. The number of benzene rings is 1. The Hall–Kier alpha value is -1.85. The number of nitrogens with one attached hydrogen (secondary N) is 1. The molecule has 23 heavy (non-hydrogen) atoms. The topological polar surface area (TPSA) is 72.9 Å². The zero-order valence-electron chi connectivity index (χ0n) is 13.8. The zero-order valence-corrected chi connectivity index (χ0v) is 14.6. The number of nitrogens with zero attached hydrogens (tertiary/aromatic N) is 2. The summed E-state index contributed by atoms with van der Waals surface area (Å²) in [6.45, 7) is 7.02. The first-order valence-corrected chi connectivity index (χ1v) is 7.45. The van der Waals surface area contributed by atoms with Crippen LogP contribution in [0, 0.1) is 5.41 Å². The maximum absolute atomic E-state index is 12.0. The summed E-state index contributed by atoms with van der Waals surface area (Å²) in [4.78, 5) is 12.0. The Morgan fingerprint density at radius 2 is 1.91 bits per heavy atom. The van der Waals surface area contributed by atoms with Gasteiger partial charge in [-0.3, -0.25) is 9.48 Å². The Balaban J connectivity index is 0.00000264. The van der Waals surface area contributed by atoms with Crippen LogP contribution in [0.25, 0.3) is 0 Å². The first-order valence-electron chi connectivity index (χ1n) is 7.45. The highest BCUT2D eigenvalue weighted by atomic mass is 35.5. The normalized spacial score (nSPS) is 12.3. The molecule has 0 aliphatic rings. The van der Waals surface area contributed by atoms with Crippen LogP contribution in [0.5, 0.6) is 0 Å². The minimum absolute atomic E-state index is 0. The largest absolute Gasteiger partial charge is 0.351 e. The molecule has 0 aliphatic heterocycles. The molecule has 126 valence electrons. The van der Waals surface area contributed by atoms with E-state index >= 15 is 0 Å². The molecule has 0 radical (unpaired) electrons. The van der Waals surface area contributed by atoms with Crippen LogP contribution in [0.15, 0.2) is 42.7 Å². The summed E-state index contributed by atoms with van der Waals surface area (Å²) < 4.78 is 1.86. The molecule has 0 bridgehead atoms. The highest BCUT2D eigenvalue weighted by Crippen LogP contribution is 2.17. The van der Waals surface area contributed by atoms with Crippen molar-refractivity contribution >= 4 is 18.3 Å². The van der Waals surface area contributed by atoms with Gasteiger partial charge in [0.05, 0.1) is 18.8 Å². The summed E-state index contributed by atoms with van der Waals surface area (Å²) >= 11 is 0. The van der Waals surface area contributed by atoms with E-state index in [9.17, 15) is 4.79 Å². The fourth-order valence-corrected chi connectivity index (χ4v) is 2.05. The first kappa shape index (κ1) is 19.2. The van der Waals surface area contributed by atoms with Crippen LogP contribution >= 0.6 is 12.4 Å². The standard InChI is InChI=1S/C17H24N4O.ClH/c1-17(2,3)15(18)16(22)19-9-14-10-20-21(12-14)11-13-7-5-4-6-8-13;/h4-8,10,12,15H,9,11,18H2,1-3H3,(H,19,22);1H/t15-;/m1./s1. The predicted octanol–water partition coefficient (Wildman–Crippen LogP) is 2.34. The van der Waals surface area contributed by atoms with Crippen molar-refractivity contribution in [3.8, 4) is 0 Å². The third-order valence-electron chi connectivity index (χ3n) is 3.56. The van der Waals surface area contributed by atoms with E-state index in [4.69, 9.17) is 5.73 Å². The molecule has 1 heterocycles. The van der Waals surface area contributed by atoms with Gasteiger partial charge in [0, 0.05) is 18.3 Å². The Labute approximate surface area is 143 Å². The van der Waals surface area contributed by atoms with Gasteiger partial charge in [0.2, 0.25) is 5.91 Å². The minimum Gasteiger partial charge on any atom is -0.351 e. The third-order valence-corrected chi connectivity index (χ3v) is 3.56. The number of hydrogen-bond acceptors (Lipinski definition) is 3. The lowest BCUT2D eigenvalue weighted by molar-refractivity contribution is -0.124. The van der Waals surface area contributed by atoms with E-state index in [2.05, 4.69) is 22.5 Å². The molecule has 6 heteroatoms. The molecule has 0 spiro atoms. The maximum Gasteiger partial charge on any atom is 0.237 e. The van der Waals surface area contributed by atoms with Crippen molar-refractivity contribution in [1.29, 1.82) is 0 Å². The monoisotopic (exact) mass is 336 g/mol. The molecule has 1 amide bonds. The number of amides is 1. The van der Waals surface area contributed by atoms with Crippen LogP contribution in [0.2, 0.25) is 0 Å². The zero-order chi connectivity index (χ0) is 16.2. The average molecular weight is 337 g/mol. The van der Waals surface area contributed by atoms with Gasteiger partial charge in [-0.25, -0.2) is 0 Å². The number of carbonyl (C=O) groups is 1. The highest BCUT2D eigenvalue weighted by Gasteiger charge is 2.27. The van der Waals surface area contributed by atoms with Crippen LogP contribution in [0.3, 0.4) is 0 Å². The van der Waals surface area contributed by atoms with Gasteiger partial charge in [0.1, 0.15) is 0 Å². The van der Waals surface area contributed by atoms with Crippen molar-refractivity contribution < 1.29 is 4.79 Å². The van der Waals surface area contributed by atoms with Crippen molar-refractivity contribution in [2.75, 3.05) is 0 Å². The lowest BCUT2D eigenvalue weighted by atomic mass is 9.87. The van der Waals surface area contributed by atoms with E-state index in [0.717, 1.165) is 12.1 Å². The molecule has 2 rings (SSSR count). The number of aromatic nitrogens is 2. The fourth-order valence-electron chi connectivity index (χ4n) is 2.05. The summed E-state index contributed by atoms with van der Waals surface area (Å²) in [7, 11) is 0. The number of carbonyl (C=O) groups excluding carboxylic acids is 1. The molecule has 0 saturated heterocycles. The minimum atomic E-state index is -0.521. The molecular formula is C17H25ClN4O. The van der Waals surface area contributed by atoms with E-state index in [1.165, 1.54) is 5.56 Å². The van der Waals surface area contributed by atoms with E-state index in [1.807, 2.05) is 49.8 Å². The van der Waals surface area contributed by atoms with Crippen LogP contribution < -0.4 is 11.1 Å². The Bertz CT molecular complexity index is 619. The molecule has 1 aromatic heterocycles. The van der Waals surface area contributed by atoms with Crippen molar-refractivity contribution in [2.45, 2.75) is 39.9 Å². The van der Waals surface area contributed by atoms with Crippen LogP contribution in [0.1, 0.15) is 31.9 Å². The highest BCUT2D eigenvalue weighted by molar-refractivity contribution is 5.85. The molecule has 0 fully saturated rings. The van der Waals surface area contributed by atoms with Gasteiger partial charge in [-0.15, -0.1) is 12.4 Å². The second-order valence-corrected chi connectivity index (χ2v) is 6.59. The molecule has 0 aliphatic carbocycles. The second-order valence-electron chi connectivity index (χ2n) is 6.59. The quantitative estimate of drug-likeness (QED) is 0.880. The molecule has 5 nitrogen and oxygen atoms in total. The van der Waals surface area contributed by atoms with E-state index < -0.39 is 6.04 Å². The molecule has 0 saturated carbocycles. The predicted molar refractivity (Wildman–Crippen MR) is 94.3 cm³/mol. The smallest absolute Gasteiger partial charge is 0.237 e. The van der Waals surface area contributed by atoms with Gasteiger partial charge in [-0.05, 0) is 11.0 Å². The van der Waals surface area contributed by atoms with Gasteiger partial charge in [-0.1, -0.05) is 51.1 Å².